The number of nitrogens with zero attached hydrogens (tertiary/aromatic N) is 1. The van der Waals surface area contributed by atoms with Crippen molar-refractivity contribution in [1.82, 2.24) is 10.5 Å². The molecule has 84 valence electrons. The van der Waals surface area contributed by atoms with E-state index >= 15 is 0 Å². The lowest BCUT2D eigenvalue weighted by Gasteiger charge is -2.19. The molecule has 0 aliphatic carbocycles. The lowest BCUT2D eigenvalue weighted by atomic mass is 10.1. The number of hydrogen-bond donors (Lipinski definition) is 1. The van der Waals surface area contributed by atoms with Gasteiger partial charge in [-0.05, 0) is 26.7 Å². The van der Waals surface area contributed by atoms with Crippen LogP contribution in [0.4, 0.5) is 0 Å². The molecule has 0 bridgehead atoms. The first-order valence-corrected chi connectivity index (χ1v) is 5.53. The molecule has 0 unspecified atom stereocenters. The highest BCUT2D eigenvalue weighted by Gasteiger charge is 2.21. The first-order chi connectivity index (χ1) is 7.25. The van der Waals surface area contributed by atoms with Crippen molar-refractivity contribution in [2.45, 2.75) is 45.4 Å². The summed E-state index contributed by atoms with van der Waals surface area (Å²) in [6, 6.07) is 2.33. The third-order valence-corrected chi connectivity index (χ3v) is 2.80. The molecule has 1 saturated heterocycles. The lowest BCUT2D eigenvalue weighted by Crippen LogP contribution is -2.36. The van der Waals surface area contributed by atoms with E-state index in [1.165, 1.54) is 6.42 Å². The smallest absolute Gasteiger partial charge is 0.133 e. The average Bonchev–Trinajstić information content (AvgIpc) is 2.84. The van der Waals surface area contributed by atoms with Gasteiger partial charge in [-0.3, -0.25) is 0 Å². The number of aryl methyl sites for hydroxylation is 1. The van der Waals surface area contributed by atoms with Gasteiger partial charge in [0.25, 0.3) is 0 Å². The van der Waals surface area contributed by atoms with Crippen LogP contribution in [-0.2, 0) is 11.3 Å². The maximum absolute atomic E-state index is 5.60. The highest BCUT2D eigenvalue weighted by atomic mass is 16.5. The Kier molecular flexibility index (Phi) is 3.38. The standard InChI is InChI=1S/C11H18N2O2/c1-8-6-10(13-15-8)7-12-9(2)11-4-3-5-14-11/h6,9,11-12H,3-5,7H2,1-2H3/t9-,11-/m1/s1. The predicted molar refractivity (Wildman–Crippen MR) is 56.5 cm³/mol. The third kappa shape index (κ3) is 2.79. The first-order valence-electron chi connectivity index (χ1n) is 5.53. The average molecular weight is 210 g/mol. The van der Waals surface area contributed by atoms with Gasteiger partial charge < -0.3 is 14.6 Å². The molecule has 4 nitrogen and oxygen atoms in total. The van der Waals surface area contributed by atoms with Crippen LogP contribution in [0, 0.1) is 6.92 Å². The maximum Gasteiger partial charge on any atom is 0.133 e. The minimum absolute atomic E-state index is 0.359. The largest absolute Gasteiger partial charge is 0.377 e. The summed E-state index contributed by atoms with van der Waals surface area (Å²) in [6.07, 6.45) is 2.70. The van der Waals surface area contributed by atoms with Crippen molar-refractivity contribution < 1.29 is 9.26 Å². The van der Waals surface area contributed by atoms with Crippen LogP contribution in [-0.4, -0.2) is 23.9 Å². The van der Waals surface area contributed by atoms with Gasteiger partial charge in [0, 0.05) is 25.3 Å². The molecule has 2 heterocycles. The second-order valence-corrected chi connectivity index (χ2v) is 4.15. The number of hydrogen-bond acceptors (Lipinski definition) is 4. The summed E-state index contributed by atoms with van der Waals surface area (Å²) in [5.41, 5.74) is 0.956. The van der Waals surface area contributed by atoms with Gasteiger partial charge in [-0.1, -0.05) is 5.16 Å². The van der Waals surface area contributed by atoms with Crippen LogP contribution >= 0.6 is 0 Å². The lowest BCUT2D eigenvalue weighted by molar-refractivity contribution is 0.0830. The van der Waals surface area contributed by atoms with Crippen molar-refractivity contribution in [3.05, 3.63) is 17.5 Å². The molecule has 0 radical (unpaired) electrons. The van der Waals surface area contributed by atoms with E-state index < -0.39 is 0 Å². The van der Waals surface area contributed by atoms with Gasteiger partial charge >= 0.3 is 0 Å². The summed E-state index contributed by atoms with van der Waals surface area (Å²) in [6.45, 7) is 5.71. The van der Waals surface area contributed by atoms with Gasteiger partial charge in [0.2, 0.25) is 0 Å². The molecular formula is C11H18N2O2. The van der Waals surface area contributed by atoms with Crippen LogP contribution in [0.2, 0.25) is 0 Å². The Bertz CT molecular complexity index is 305. The molecular weight excluding hydrogens is 192 g/mol. The molecule has 0 spiro atoms. The van der Waals surface area contributed by atoms with Crippen molar-refractivity contribution >= 4 is 0 Å². The second-order valence-electron chi connectivity index (χ2n) is 4.15. The molecule has 2 rings (SSSR count). The minimum atomic E-state index is 0.359. The van der Waals surface area contributed by atoms with E-state index in [4.69, 9.17) is 9.26 Å². The molecule has 2 atom stereocenters. The number of nitrogens with one attached hydrogen (secondary N) is 1. The van der Waals surface area contributed by atoms with E-state index in [0.29, 0.717) is 12.1 Å². The van der Waals surface area contributed by atoms with E-state index in [9.17, 15) is 0 Å². The monoisotopic (exact) mass is 210 g/mol. The van der Waals surface area contributed by atoms with Crippen LogP contribution in [0.1, 0.15) is 31.2 Å². The molecule has 1 aliphatic rings. The van der Waals surface area contributed by atoms with Crippen LogP contribution in [0.5, 0.6) is 0 Å². The molecule has 0 saturated carbocycles. The summed E-state index contributed by atoms with van der Waals surface area (Å²) < 4.78 is 10.6. The number of ether oxygens (including phenoxy) is 1. The first kappa shape index (κ1) is 10.6. The summed E-state index contributed by atoms with van der Waals surface area (Å²) in [5, 5.41) is 7.34. The van der Waals surface area contributed by atoms with Crippen LogP contribution in [0.25, 0.3) is 0 Å². The molecule has 1 N–H and O–H groups in total. The molecule has 1 aromatic rings. The fourth-order valence-electron chi connectivity index (χ4n) is 1.90. The zero-order valence-corrected chi connectivity index (χ0v) is 9.32. The quantitative estimate of drug-likeness (QED) is 0.820. The summed E-state index contributed by atoms with van der Waals surface area (Å²) in [5.74, 6) is 0.858. The van der Waals surface area contributed by atoms with E-state index in [0.717, 1.165) is 31.0 Å². The number of aromatic nitrogens is 1. The van der Waals surface area contributed by atoms with E-state index in [1.54, 1.807) is 0 Å². The zero-order chi connectivity index (χ0) is 10.7. The molecule has 15 heavy (non-hydrogen) atoms. The Morgan fingerprint density at radius 1 is 1.67 bits per heavy atom. The maximum atomic E-state index is 5.60. The topological polar surface area (TPSA) is 47.3 Å². The summed E-state index contributed by atoms with van der Waals surface area (Å²) >= 11 is 0. The van der Waals surface area contributed by atoms with Gasteiger partial charge in [0.05, 0.1) is 11.8 Å². The van der Waals surface area contributed by atoms with Crippen molar-refractivity contribution in [3.8, 4) is 0 Å². The third-order valence-electron chi connectivity index (χ3n) is 2.80. The van der Waals surface area contributed by atoms with Crippen molar-refractivity contribution in [3.63, 3.8) is 0 Å². The van der Waals surface area contributed by atoms with Crippen LogP contribution in [0.3, 0.4) is 0 Å². The van der Waals surface area contributed by atoms with Gasteiger partial charge in [0.1, 0.15) is 5.76 Å². The Labute approximate surface area is 90.0 Å². The van der Waals surface area contributed by atoms with Gasteiger partial charge in [0.15, 0.2) is 0 Å². The van der Waals surface area contributed by atoms with E-state index in [1.807, 2.05) is 13.0 Å². The van der Waals surface area contributed by atoms with Gasteiger partial charge in [-0.2, -0.15) is 0 Å². The summed E-state index contributed by atoms with van der Waals surface area (Å²) in [7, 11) is 0. The van der Waals surface area contributed by atoms with E-state index in [2.05, 4.69) is 17.4 Å². The SMILES string of the molecule is Cc1cc(CN[C@H](C)[C@H]2CCCO2)no1. The Morgan fingerprint density at radius 2 is 2.53 bits per heavy atom. The minimum Gasteiger partial charge on any atom is -0.377 e. The Balaban J connectivity index is 1.77. The highest BCUT2D eigenvalue weighted by molar-refractivity contribution is 5.03. The molecule has 0 amide bonds. The van der Waals surface area contributed by atoms with Crippen molar-refractivity contribution in [2.75, 3.05) is 6.61 Å². The normalized spacial score (nSPS) is 23.2. The van der Waals surface area contributed by atoms with E-state index in [-0.39, 0.29) is 0 Å². The molecule has 1 aromatic heterocycles. The molecule has 0 aromatic carbocycles. The summed E-state index contributed by atoms with van der Waals surface area (Å²) in [4.78, 5) is 0. The fourth-order valence-corrected chi connectivity index (χ4v) is 1.90. The molecule has 1 fully saturated rings. The van der Waals surface area contributed by atoms with Gasteiger partial charge in [-0.25, -0.2) is 0 Å². The Hall–Kier alpha value is -0.870. The zero-order valence-electron chi connectivity index (χ0n) is 9.32. The molecule has 4 heteroatoms. The van der Waals surface area contributed by atoms with Crippen LogP contribution in [0.15, 0.2) is 10.6 Å². The highest BCUT2D eigenvalue weighted by Crippen LogP contribution is 2.15. The van der Waals surface area contributed by atoms with Crippen LogP contribution < -0.4 is 5.32 Å². The van der Waals surface area contributed by atoms with Gasteiger partial charge in [-0.15, -0.1) is 0 Å². The second kappa shape index (κ2) is 4.77. The molecule has 1 aliphatic heterocycles. The van der Waals surface area contributed by atoms with Crippen molar-refractivity contribution in [1.29, 1.82) is 0 Å². The predicted octanol–water partition coefficient (Wildman–Crippen LogP) is 1.64. The fraction of sp³-hybridized carbons (Fsp3) is 0.727. The van der Waals surface area contributed by atoms with Crippen molar-refractivity contribution in [2.24, 2.45) is 0 Å². The number of rotatable bonds is 4. The Morgan fingerprint density at radius 3 is 3.13 bits per heavy atom.